The van der Waals surface area contributed by atoms with Gasteiger partial charge in [0.25, 0.3) is 0 Å². The molecule has 0 aliphatic heterocycles. The van der Waals surface area contributed by atoms with Gasteiger partial charge in [-0.2, -0.15) is 0 Å². The van der Waals surface area contributed by atoms with Crippen molar-refractivity contribution in [2.75, 3.05) is 0 Å². The first-order valence-electron chi connectivity index (χ1n) is 3.97. The van der Waals surface area contributed by atoms with Crippen molar-refractivity contribution in [3.05, 3.63) is 24.2 Å². The van der Waals surface area contributed by atoms with Crippen LogP contribution in [-0.4, -0.2) is 10.1 Å². The third-order valence-corrected chi connectivity index (χ3v) is 1.91. The van der Waals surface area contributed by atoms with Gasteiger partial charge in [0.15, 0.2) is 5.58 Å². The summed E-state index contributed by atoms with van der Waals surface area (Å²) >= 11 is 0. The second-order valence-corrected chi connectivity index (χ2v) is 3.13. The topological polar surface area (TPSA) is 38.9 Å². The summed E-state index contributed by atoms with van der Waals surface area (Å²) in [5, 5.41) is 4.70. The number of rotatable bonds is 1. The molecule has 0 amide bonds. The van der Waals surface area contributed by atoms with Gasteiger partial charge in [0, 0.05) is 18.0 Å². The Morgan fingerprint density at radius 2 is 2.08 bits per heavy atom. The van der Waals surface area contributed by atoms with Gasteiger partial charge in [0.05, 0.1) is 11.6 Å². The maximum Gasteiger partial charge on any atom is 0.173 e. The maximum absolute atomic E-state index is 5.12. The van der Waals surface area contributed by atoms with Crippen LogP contribution in [0, 0.1) is 0 Å². The first-order chi connectivity index (χ1) is 5.79. The molecule has 3 heteroatoms. The first kappa shape index (κ1) is 7.28. The van der Waals surface area contributed by atoms with E-state index >= 15 is 0 Å². The minimum absolute atomic E-state index is 0.425. The zero-order valence-electron chi connectivity index (χ0n) is 7.11. The average Bonchev–Trinajstić information content (AvgIpc) is 2.49. The predicted molar refractivity (Wildman–Crippen MR) is 45.9 cm³/mol. The number of aromatic nitrogens is 2. The molecule has 3 nitrogen and oxygen atoms in total. The molecule has 0 radical (unpaired) electrons. The van der Waals surface area contributed by atoms with E-state index in [2.05, 4.69) is 24.0 Å². The third-order valence-electron chi connectivity index (χ3n) is 1.91. The highest BCUT2D eigenvalue weighted by Gasteiger charge is 2.08. The fraction of sp³-hybridized carbons (Fsp3) is 0.333. The Hall–Kier alpha value is -1.38. The molecule has 0 saturated carbocycles. The summed E-state index contributed by atoms with van der Waals surface area (Å²) in [4.78, 5) is 4.11. The van der Waals surface area contributed by atoms with Crippen LogP contribution in [0.1, 0.15) is 25.3 Å². The number of hydrogen-bond donors (Lipinski definition) is 0. The predicted octanol–water partition coefficient (Wildman–Crippen LogP) is 2.35. The van der Waals surface area contributed by atoms with Crippen molar-refractivity contribution in [3.63, 3.8) is 0 Å². The van der Waals surface area contributed by atoms with E-state index < -0.39 is 0 Å². The van der Waals surface area contributed by atoms with E-state index in [9.17, 15) is 0 Å². The molecule has 0 atom stereocenters. The molecule has 2 heterocycles. The van der Waals surface area contributed by atoms with E-state index in [1.165, 1.54) is 0 Å². The molecule has 0 unspecified atom stereocenters. The van der Waals surface area contributed by atoms with Crippen molar-refractivity contribution in [2.45, 2.75) is 19.8 Å². The van der Waals surface area contributed by atoms with Gasteiger partial charge in [0.1, 0.15) is 0 Å². The smallest absolute Gasteiger partial charge is 0.173 e. The molecular formula is C9H10N2O. The Morgan fingerprint density at radius 1 is 1.25 bits per heavy atom. The van der Waals surface area contributed by atoms with Gasteiger partial charge in [-0.05, 0) is 5.92 Å². The molecule has 0 bridgehead atoms. The molecule has 0 N–H and O–H groups in total. The van der Waals surface area contributed by atoms with E-state index in [4.69, 9.17) is 4.52 Å². The van der Waals surface area contributed by atoms with Crippen molar-refractivity contribution in [3.8, 4) is 0 Å². The molecular weight excluding hydrogens is 152 g/mol. The van der Waals surface area contributed by atoms with Crippen LogP contribution in [0.25, 0.3) is 11.0 Å². The minimum atomic E-state index is 0.425. The zero-order chi connectivity index (χ0) is 8.55. The van der Waals surface area contributed by atoms with Crippen molar-refractivity contribution in [1.82, 2.24) is 10.1 Å². The highest BCUT2D eigenvalue weighted by molar-refractivity contribution is 5.78. The van der Waals surface area contributed by atoms with Gasteiger partial charge in [-0.1, -0.05) is 19.0 Å². The standard InChI is InChI=1S/C9H10N2O/c1-6(2)8-5-10-3-7-4-11-12-9(7)8/h3-6H,1-2H3. The fourth-order valence-corrected chi connectivity index (χ4v) is 1.23. The lowest BCUT2D eigenvalue weighted by molar-refractivity contribution is 0.452. The Bertz CT molecular complexity index is 392. The van der Waals surface area contributed by atoms with Crippen molar-refractivity contribution < 1.29 is 4.52 Å². The van der Waals surface area contributed by atoms with Crippen molar-refractivity contribution in [1.29, 1.82) is 0 Å². The fourth-order valence-electron chi connectivity index (χ4n) is 1.23. The second-order valence-electron chi connectivity index (χ2n) is 3.13. The molecule has 0 saturated heterocycles. The molecule has 0 aliphatic rings. The van der Waals surface area contributed by atoms with Crippen LogP contribution in [0.3, 0.4) is 0 Å². The quantitative estimate of drug-likeness (QED) is 0.646. The Balaban J connectivity index is 2.73. The molecule has 2 aromatic rings. The average molecular weight is 162 g/mol. The van der Waals surface area contributed by atoms with E-state index in [0.717, 1.165) is 16.5 Å². The van der Waals surface area contributed by atoms with Crippen LogP contribution >= 0.6 is 0 Å². The Kier molecular flexibility index (Phi) is 1.57. The SMILES string of the molecule is CC(C)c1cncc2cnoc12. The summed E-state index contributed by atoms with van der Waals surface area (Å²) in [6.45, 7) is 4.22. The second kappa shape index (κ2) is 2.59. The molecule has 12 heavy (non-hydrogen) atoms. The first-order valence-corrected chi connectivity index (χ1v) is 3.97. The molecule has 0 spiro atoms. The molecule has 0 aromatic carbocycles. The van der Waals surface area contributed by atoms with E-state index in [1.807, 2.05) is 6.20 Å². The van der Waals surface area contributed by atoms with Crippen LogP contribution < -0.4 is 0 Å². The van der Waals surface area contributed by atoms with E-state index in [1.54, 1.807) is 12.4 Å². The number of hydrogen-bond acceptors (Lipinski definition) is 3. The lowest BCUT2D eigenvalue weighted by atomic mass is 10.0. The van der Waals surface area contributed by atoms with Gasteiger partial charge in [-0.15, -0.1) is 0 Å². The molecule has 2 aromatic heterocycles. The highest BCUT2D eigenvalue weighted by atomic mass is 16.5. The van der Waals surface area contributed by atoms with Crippen LogP contribution in [0.2, 0.25) is 0 Å². The summed E-state index contributed by atoms with van der Waals surface area (Å²) in [5.41, 5.74) is 1.98. The van der Waals surface area contributed by atoms with Crippen molar-refractivity contribution >= 4 is 11.0 Å². The molecule has 62 valence electrons. The summed E-state index contributed by atoms with van der Waals surface area (Å²) in [7, 11) is 0. The van der Waals surface area contributed by atoms with Gasteiger partial charge in [0.2, 0.25) is 0 Å². The number of pyridine rings is 1. The van der Waals surface area contributed by atoms with Crippen LogP contribution in [0.15, 0.2) is 23.1 Å². The van der Waals surface area contributed by atoms with Crippen molar-refractivity contribution in [2.24, 2.45) is 0 Å². The van der Waals surface area contributed by atoms with E-state index in [-0.39, 0.29) is 0 Å². The lowest BCUT2D eigenvalue weighted by Crippen LogP contribution is -1.88. The van der Waals surface area contributed by atoms with Crippen LogP contribution in [0.5, 0.6) is 0 Å². The van der Waals surface area contributed by atoms with Gasteiger partial charge in [-0.3, -0.25) is 4.98 Å². The molecule has 0 aliphatic carbocycles. The zero-order valence-corrected chi connectivity index (χ0v) is 7.11. The molecule has 0 fully saturated rings. The summed E-state index contributed by atoms with van der Waals surface area (Å²) in [6, 6.07) is 0. The number of nitrogens with zero attached hydrogens (tertiary/aromatic N) is 2. The monoisotopic (exact) mass is 162 g/mol. The van der Waals surface area contributed by atoms with Crippen LogP contribution in [0.4, 0.5) is 0 Å². The number of fused-ring (bicyclic) bond motifs is 1. The van der Waals surface area contributed by atoms with Gasteiger partial charge in [-0.25, -0.2) is 0 Å². The minimum Gasteiger partial charge on any atom is -0.356 e. The molecule has 2 rings (SSSR count). The third kappa shape index (κ3) is 0.978. The summed E-state index contributed by atoms with van der Waals surface area (Å²) < 4.78 is 5.12. The highest BCUT2D eigenvalue weighted by Crippen LogP contribution is 2.23. The van der Waals surface area contributed by atoms with Gasteiger partial charge >= 0.3 is 0 Å². The van der Waals surface area contributed by atoms with Gasteiger partial charge < -0.3 is 4.52 Å². The van der Waals surface area contributed by atoms with Crippen LogP contribution in [-0.2, 0) is 0 Å². The lowest BCUT2D eigenvalue weighted by Gasteiger charge is -2.02. The van der Waals surface area contributed by atoms with E-state index in [0.29, 0.717) is 5.92 Å². The maximum atomic E-state index is 5.12. The summed E-state index contributed by atoms with van der Waals surface area (Å²) in [6.07, 6.45) is 5.28. The normalized spacial score (nSPS) is 11.2. The Morgan fingerprint density at radius 3 is 2.83 bits per heavy atom. The Labute approximate surface area is 70.4 Å². The summed E-state index contributed by atoms with van der Waals surface area (Å²) in [5.74, 6) is 0.425. The largest absolute Gasteiger partial charge is 0.356 e.